The van der Waals surface area contributed by atoms with Crippen molar-refractivity contribution in [1.29, 1.82) is 0 Å². The quantitative estimate of drug-likeness (QED) is 0.498. The molecule has 8 heteroatoms. The van der Waals surface area contributed by atoms with Gasteiger partial charge >= 0.3 is 6.18 Å². The highest BCUT2D eigenvalue weighted by Crippen LogP contribution is 2.31. The van der Waals surface area contributed by atoms with E-state index in [1.807, 2.05) is 35.2 Å². The number of unbranched alkanes of at least 4 members (excludes halogenated alkanes) is 1. The Labute approximate surface area is 191 Å². The van der Waals surface area contributed by atoms with Crippen molar-refractivity contribution in [3.8, 4) is 0 Å². The van der Waals surface area contributed by atoms with Gasteiger partial charge in [0, 0.05) is 43.7 Å². The molecule has 3 aromatic rings. The molecule has 0 bridgehead atoms. The Bertz CT molecular complexity index is 1090. The van der Waals surface area contributed by atoms with E-state index in [1.165, 1.54) is 12.1 Å². The number of halogens is 3. The Kier molecular flexibility index (Phi) is 7.13. The number of amides is 1. The molecule has 0 atom stereocenters. The fraction of sp³-hybridized carbons (Fsp3) is 0.360. The smallest absolute Gasteiger partial charge is 0.369 e. The van der Waals surface area contributed by atoms with Gasteiger partial charge in [-0.1, -0.05) is 24.3 Å². The van der Waals surface area contributed by atoms with Gasteiger partial charge in [0.25, 0.3) is 0 Å². The second kappa shape index (κ2) is 10.2. The summed E-state index contributed by atoms with van der Waals surface area (Å²) in [5.74, 6) is -0.0264. The second-order valence-electron chi connectivity index (χ2n) is 8.30. The summed E-state index contributed by atoms with van der Waals surface area (Å²) < 4.78 is 38.9. The van der Waals surface area contributed by atoms with Gasteiger partial charge in [0.2, 0.25) is 5.91 Å². The number of alkyl halides is 3. The molecule has 0 radical (unpaired) electrons. The van der Waals surface area contributed by atoms with E-state index in [9.17, 15) is 18.0 Å². The van der Waals surface area contributed by atoms with Crippen LogP contribution < -0.4 is 10.2 Å². The largest absolute Gasteiger partial charge is 0.416 e. The lowest BCUT2D eigenvalue weighted by molar-refractivity contribution is -0.137. The maximum Gasteiger partial charge on any atom is 0.416 e. The molecule has 2 aromatic carbocycles. The summed E-state index contributed by atoms with van der Waals surface area (Å²) >= 11 is 0. The van der Waals surface area contributed by atoms with E-state index in [1.54, 1.807) is 12.3 Å². The molecule has 1 aliphatic rings. The first-order valence-corrected chi connectivity index (χ1v) is 11.2. The average Bonchev–Trinajstić information content (AvgIpc) is 2.82. The maximum absolute atomic E-state index is 13.0. The number of anilines is 2. The molecule has 1 saturated heterocycles. The molecule has 5 nitrogen and oxygen atoms in total. The van der Waals surface area contributed by atoms with Crippen LogP contribution in [0.1, 0.15) is 24.8 Å². The molecule has 1 aliphatic heterocycles. The summed E-state index contributed by atoms with van der Waals surface area (Å²) in [6.45, 7) is 3.85. The lowest BCUT2D eigenvalue weighted by Crippen LogP contribution is -2.46. The summed E-state index contributed by atoms with van der Waals surface area (Å²) in [4.78, 5) is 20.9. The third-order valence-electron chi connectivity index (χ3n) is 5.91. The zero-order valence-electron chi connectivity index (χ0n) is 18.3. The van der Waals surface area contributed by atoms with Gasteiger partial charge in [0.05, 0.1) is 23.0 Å². The number of hydrogen-bond acceptors (Lipinski definition) is 4. The van der Waals surface area contributed by atoms with Gasteiger partial charge in [-0.25, -0.2) is 0 Å². The Morgan fingerprint density at radius 2 is 1.76 bits per heavy atom. The number of carbonyl (C=O) groups excluding carboxylic acids is 1. The van der Waals surface area contributed by atoms with Gasteiger partial charge in [0.1, 0.15) is 0 Å². The Morgan fingerprint density at radius 1 is 0.970 bits per heavy atom. The van der Waals surface area contributed by atoms with Crippen molar-refractivity contribution in [3.05, 3.63) is 66.4 Å². The molecule has 1 fully saturated rings. The standard InChI is InChI=1S/C25H27F3N4O/c26-25(27,28)20-7-5-8-22(17-20)32-14-12-31(13-15-32)11-4-3-10-24(33)30-21-16-19-6-1-2-9-23(19)29-18-21/h1-2,5-9,16-18H,3-4,10-15H2,(H,30,33). The molecule has 0 aliphatic carbocycles. The fourth-order valence-electron chi connectivity index (χ4n) is 4.09. The molecule has 174 valence electrons. The van der Waals surface area contributed by atoms with Gasteiger partial charge in [0.15, 0.2) is 0 Å². The minimum atomic E-state index is -4.32. The Balaban J connectivity index is 1.16. The SMILES string of the molecule is O=C(CCCCN1CCN(c2cccc(C(F)(F)F)c2)CC1)Nc1cnc2ccccc2c1. The number of rotatable bonds is 7. The van der Waals surface area contributed by atoms with Crippen molar-refractivity contribution in [2.75, 3.05) is 42.9 Å². The van der Waals surface area contributed by atoms with Crippen molar-refractivity contribution in [3.63, 3.8) is 0 Å². The number of aromatic nitrogens is 1. The normalized spacial score (nSPS) is 15.1. The van der Waals surface area contributed by atoms with Crippen LogP contribution in [0.15, 0.2) is 60.8 Å². The summed E-state index contributed by atoms with van der Waals surface area (Å²) in [5, 5.41) is 3.90. The number of nitrogens with one attached hydrogen (secondary N) is 1. The highest BCUT2D eigenvalue weighted by atomic mass is 19.4. The molecule has 1 N–H and O–H groups in total. The van der Waals surface area contributed by atoms with Gasteiger partial charge in [-0.15, -0.1) is 0 Å². The van der Waals surface area contributed by atoms with Crippen LogP contribution >= 0.6 is 0 Å². The number of benzene rings is 2. The average molecular weight is 457 g/mol. The lowest BCUT2D eigenvalue weighted by atomic mass is 10.1. The summed E-state index contributed by atoms with van der Waals surface area (Å²) in [7, 11) is 0. The minimum Gasteiger partial charge on any atom is -0.369 e. The van der Waals surface area contributed by atoms with Gasteiger partial charge in [-0.2, -0.15) is 13.2 Å². The second-order valence-corrected chi connectivity index (χ2v) is 8.30. The van der Waals surface area contributed by atoms with E-state index in [-0.39, 0.29) is 5.91 Å². The molecule has 1 aromatic heterocycles. The van der Waals surface area contributed by atoms with Crippen LogP contribution in [-0.4, -0.2) is 48.5 Å². The van der Waals surface area contributed by atoms with E-state index >= 15 is 0 Å². The van der Waals surface area contributed by atoms with E-state index in [0.717, 1.165) is 49.4 Å². The highest BCUT2D eigenvalue weighted by molar-refractivity contribution is 5.93. The van der Waals surface area contributed by atoms with Gasteiger partial charge in [-0.3, -0.25) is 14.7 Å². The topological polar surface area (TPSA) is 48.5 Å². The number of hydrogen-bond donors (Lipinski definition) is 1. The molecule has 2 heterocycles. The minimum absolute atomic E-state index is 0.0264. The van der Waals surface area contributed by atoms with E-state index in [4.69, 9.17) is 0 Å². The number of carbonyl (C=O) groups is 1. The zero-order chi connectivity index (χ0) is 23.3. The van der Waals surface area contributed by atoms with Crippen molar-refractivity contribution in [1.82, 2.24) is 9.88 Å². The predicted molar refractivity (Wildman–Crippen MR) is 124 cm³/mol. The summed E-state index contributed by atoms with van der Waals surface area (Å²) in [6.07, 6.45) is -0.538. The van der Waals surface area contributed by atoms with Gasteiger partial charge < -0.3 is 10.2 Å². The monoisotopic (exact) mass is 456 g/mol. The first kappa shape index (κ1) is 23.0. The molecule has 0 saturated carbocycles. The Hall–Kier alpha value is -3.13. The van der Waals surface area contributed by atoms with Crippen LogP contribution in [0.2, 0.25) is 0 Å². The number of nitrogens with zero attached hydrogens (tertiary/aromatic N) is 3. The van der Waals surface area contributed by atoms with Crippen molar-refractivity contribution < 1.29 is 18.0 Å². The third kappa shape index (κ3) is 6.22. The highest BCUT2D eigenvalue weighted by Gasteiger charge is 2.31. The predicted octanol–water partition coefficient (Wildman–Crippen LogP) is 5.18. The maximum atomic E-state index is 13.0. The molecule has 0 unspecified atom stereocenters. The first-order chi connectivity index (χ1) is 15.9. The molecule has 33 heavy (non-hydrogen) atoms. The summed E-state index contributed by atoms with van der Waals surface area (Å²) in [5.41, 5.74) is 1.59. The molecule has 4 rings (SSSR count). The molecular weight excluding hydrogens is 429 g/mol. The van der Waals surface area contributed by atoms with E-state index < -0.39 is 11.7 Å². The van der Waals surface area contributed by atoms with Crippen LogP contribution in [0.4, 0.5) is 24.5 Å². The van der Waals surface area contributed by atoms with E-state index in [0.29, 0.717) is 30.9 Å². The first-order valence-electron chi connectivity index (χ1n) is 11.2. The van der Waals surface area contributed by atoms with Crippen molar-refractivity contribution in [2.45, 2.75) is 25.4 Å². The number of para-hydroxylation sites is 1. The van der Waals surface area contributed by atoms with Crippen LogP contribution in [-0.2, 0) is 11.0 Å². The van der Waals surface area contributed by atoms with E-state index in [2.05, 4.69) is 15.2 Å². The van der Waals surface area contributed by atoms with Crippen LogP contribution in [0.3, 0.4) is 0 Å². The lowest BCUT2D eigenvalue weighted by Gasteiger charge is -2.36. The Morgan fingerprint density at radius 3 is 2.55 bits per heavy atom. The van der Waals surface area contributed by atoms with Crippen LogP contribution in [0, 0.1) is 0 Å². The number of pyridine rings is 1. The van der Waals surface area contributed by atoms with Crippen molar-refractivity contribution >= 4 is 28.2 Å². The molecule has 0 spiro atoms. The zero-order valence-corrected chi connectivity index (χ0v) is 18.3. The van der Waals surface area contributed by atoms with Gasteiger partial charge in [-0.05, 0) is 49.7 Å². The number of piperazine rings is 1. The molecule has 1 amide bonds. The number of fused-ring (bicyclic) bond motifs is 1. The van der Waals surface area contributed by atoms with Crippen LogP contribution in [0.5, 0.6) is 0 Å². The van der Waals surface area contributed by atoms with Crippen molar-refractivity contribution in [2.24, 2.45) is 0 Å². The fourth-order valence-corrected chi connectivity index (χ4v) is 4.09. The third-order valence-corrected chi connectivity index (χ3v) is 5.91. The summed E-state index contributed by atoms with van der Waals surface area (Å²) in [6, 6.07) is 15.2. The molecular formula is C25H27F3N4O. The van der Waals surface area contributed by atoms with Crippen LogP contribution in [0.25, 0.3) is 10.9 Å².